The van der Waals surface area contributed by atoms with Gasteiger partial charge < -0.3 is 15.1 Å². The lowest BCUT2D eigenvalue weighted by atomic mass is 10.1. The average molecular weight is 356 g/mol. The van der Waals surface area contributed by atoms with E-state index in [2.05, 4.69) is 61.9 Å². The number of hydrogen-bond acceptors (Lipinski definition) is 4. The van der Waals surface area contributed by atoms with Crippen LogP contribution in [0, 0.1) is 0 Å². The van der Waals surface area contributed by atoms with E-state index in [4.69, 9.17) is 10.2 Å². The molecule has 0 saturated carbocycles. The quantitative estimate of drug-likeness (QED) is 0.807. The van der Waals surface area contributed by atoms with Crippen molar-refractivity contribution in [2.75, 3.05) is 10.6 Å². The van der Waals surface area contributed by atoms with Gasteiger partial charge >= 0.3 is 0 Å². The van der Waals surface area contributed by atoms with Crippen LogP contribution in [0.2, 0.25) is 18.1 Å². The highest BCUT2D eigenvalue weighted by atomic mass is 28.4. The van der Waals surface area contributed by atoms with Crippen molar-refractivity contribution in [2.24, 2.45) is 0 Å². The fourth-order valence-electron chi connectivity index (χ4n) is 2.79. The minimum Gasteiger partial charge on any atom is -0.413 e. The first-order valence-corrected chi connectivity index (χ1v) is 11.8. The monoisotopic (exact) mass is 355 g/mol. The Hall–Kier alpha value is -1.85. The summed E-state index contributed by atoms with van der Waals surface area (Å²) in [5.41, 5.74) is 10.8. The van der Waals surface area contributed by atoms with Gasteiger partial charge in [-0.1, -0.05) is 39.0 Å². The van der Waals surface area contributed by atoms with Gasteiger partial charge in [-0.15, -0.1) is 0 Å². The lowest BCUT2D eigenvalue weighted by Gasteiger charge is -2.36. The molecule has 2 aromatic rings. The third-order valence-electron chi connectivity index (χ3n) is 5.53. The second kappa shape index (κ2) is 6.46. The van der Waals surface area contributed by atoms with Gasteiger partial charge in [0.1, 0.15) is 5.82 Å². The van der Waals surface area contributed by atoms with Gasteiger partial charge in [-0.05, 0) is 47.0 Å². The van der Waals surface area contributed by atoms with Gasteiger partial charge in [-0.25, -0.2) is 4.98 Å². The number of anilines is 2. The van der Waals surface area contributed by atoms with E-state index < -0.39 is 8.32 Å². The van der Waals surface area contributed by atoms with Crippen molar-refractivity contribution in [3.8, 4) is 0 Å². The Bertz CT molecular complexity index is 751. The summed E-state index contributed by atoms with van der Waals surface area (Å²) >= 11 is 0. The summed E-state index contributed by atoms with van der Waals surface area (Å²) in [6.45, 7) is 14.0. The highest BCUT2D eigenvalue weighted by Crippen LogP contribution is 2.37. The van der Waals surface area contributed by atoms with Gasteiger partial charge in [0, 0.05) is 13.1 Å². The largest absolute Gasteiger partial charge is 0.413 e. The van der Waals surface area contributed by atoms with E-state index >= 15 is 0 Å². The Kier molecular flexibility index (Phi) is 4.64. The Labute approximate surface area is 152 Å². The molecule has 1 aromatic heterocycles. The average Bonchev–Trinajstić information content (AvgIpc) is 2.95. The summed E-state index contributed by atoms with van der Waals surface area (Å²) in [5.74, 6) is 0.561. The number of nitrogen functional groups attached to an aromatic ring is 1. The van der Waals surface area contributed by atoms with Crippen molar-refractivity contribution in [1.82, 2.24) is 4.98 Å². The zero-order chi connectivity index (χ0) is 18.2. The van der Waals surface area contributed by atoms with Crippen molar-refractivity contribution in [3.63, 3.8) is 0 Å². The maximum absolute atomic E-state index is 6.37. The Morgan fingerprint density at radius 2 is 1.84 bits per heavy atom. The van der Waals surface area contributed by atoms with E-state index in [0.29, 0.717) is 12.4 Å². The highest BCUT2D eigenvalue weighted by molar-refractivity contribution is 6.74. The molecule has 134 valence electrons. The third-order valence-corrected chi connectivity index (χ3v) is 10.0. The molecular weight excluding hydrogens is 326 g/mol. The van der Waals surface area contributed by atoms with Gasteiger partial charge in [-0.3, -0.25) is 0 Å². The fraction of sp³-hybridized carbons (Fsp3) is 0.450. The molecule has 4 nitrogen and oxygen atoms in total. The summed E-state index contributed by atoms with van der Waals surface area (Å²) < 4.78 is 6.37. The summed E-state index contributed by atoms with van der Waals surface area (Å²) in [7, 11) is -1.72. The van der Waals surface area contributed by atoms with Crippen molar-refractivity contribution in [2.45, 2.75) is 58.6 Å². The van der Waals surface area contributed by atoms with Crippen LogP contribution in [0.5, 0.6) is 0 Å². The number of pyridine rings is 1. The van der Waals surface area contributed by atoms with Crippen LogP contribution < -0.4 is 10.6 Å². The van der Waals surface area contributed by atoms with Gasteiger partial charge in [0.05, 0.1) is 18.5 Å². The maximum Gasteiger partial charge on any atom is 0.192 e. The number of benzene rings is 1. The van der Waals surface area contributed by atoms with Crippen LogP contribution in [0.3, 0.4) is 0 Å². The lowest BCUT2D eigenvalue weighted by Crippen LogP contribution is -2.40. The molecule has 1 aromatic carbocycles. The first-order valence-electron chi connectivity index (χ1n) is 8.87. The van der Waals surface area contributed by atoms with Crippen LogP contribution in [0.4, 0.5) is 11.5 Å². The molecule has 1 aliphatic rings. The fourth-order valence-corrected chi connectivity index (χ4v) is 3.75. The van der Waals surface area contributed by atoms with Crippen LogP contribution in [0.25, 0.3) is 0 Å². The topological polar surface area (TPSA) is 51.4 Å². The summed E-state index contributed by atoms with van der Waals surface area (Å²) in [4.78, 5) is 6.53. The van der Waals surface area contributed by atoms with E-state index in [1.807, 2.05) is 18.3 Å². The number of fused-ring (bicyclic) bond motifs is 1. The SMILES string of the molecule is CC(C)(C)[Si](C)(C)OCc1ccc2c(c1)CN(c1ccc(N)nc1)C2. The summed E-state index contributed by atoms with van der Waals surface area (Å²) in [6.07, 6.45) is 1.85. The number of aromatic nitrogens is 1. The van der Waals surface area contributed by atoms with Crippen molar-refractivity contribution < 1.29 is 4.43 Å². The molecule has 0 bridgehead atoms. The molecule has 0 spiro atoms. The van der Waals surface area contributed by atoms with Crippen LogP contribution in [0.15, 0.2) is 36.5 Å². The molecule has 2 heterocycles. The Morgan fingerprint density at radius 1 is 1.12 bits per heavy atom. The van der Waals surface area contributed by atoms with Crippen molar-refractivity contribution in [1.29, 1.82) is 0 Å². The lowest BCUT2D eigenvalue weighted by molar-refractivity contribution is 0.276. The first kappa shape index (κ1) is 18.0. The van der Waals surface area contributed by atoms with Crippen LogP contribution in [-0.4, -0.2) is 13.3 Å². The maximum atomic E-state index is 6.37. The Morgan fingerprint density at radius 3 is 2.48 bits per heavy atom. The van der Waals surface area contributed by atoms with E-state index in [9.17, 15) is 0 Å². The van der Waals surface area contributed by atoms with E-state index in [-0.39, 0.29) is 5.04 Å². The molecule has 1 aliphatic heterocycles. The van der Waals surface area contributed by atoms with E-state index in [1.54, 1.807) is 0 Å². The third kappa shape index (κ3) is 3.88. The summed E-state index contributed by atoms with van der Waals surface area (Å²) in [5, 5.41) is 0.239. The molecule has 2 N–H and O–H groups in total. The minimum atomic E-state index is -1.72. The normalized spacial score (nSPS) is 14.7. The molecular formula is C20H29N3OSi. The molecule has 25 heavy (non-hydrogen) atoms. The zero-order valence-electron chi connectivity index (χ0n) is 16.0. The van der Waals surface area contributed by atoms with Gasteiger partial charge in [0.2, 0.25) is 0 Å². The predicted octanol–water partition coefficient (Wildman–Crippen LogP) is 4.71. The first-order chi connectivity index (χ1) is 11.7. The number of nitrogens with zero attached hydrogens (tertiary/aromatic N) is 2. The van der Waals surface area contributed by atoms with Gasteiger partial charge in [0.15, 0.2) is 8.32 Å². The van der Waals surface area contributed by atoms with Crippen LogP contribution >= 0.6 is 0 Å². The van der Waals surface area contributed by atoms with Crippen LogP contribution in [0.1, 0.15) is 37.5 Å². The van der Waals surface area contributed by atoms with Crippen molar-refractivity contribution >= 4 is 19.8 Å². The molecule has 0 atom stereocenters. The molecule has 0 aliphatic carbocycles. The minimum absolute atomic E-state index is 0.239. The smallest absolute Gasteiger partial charge is 0.192 e. The number of nitrogens with two attached hydrogens (primary N) is 1. The molecule has 0 saturated heterocycles. The standard InChI is InChI=1S/C20H29N3OSi/c1-20(2,3)25(4,5)24-14-15-6-7-16-12-23(13-17(16)10-15)18-8-9-19(21)22-11-18/h6-11H,12-14H2,1-5H3,(H2,21,22). The number of hydrogen-bond donors (Lipinski definition) is 1. The molecule has 5 heteroatoms. The van der Waals surface area contributed by atoms with E-state index in [1.165, 1.54) is 16.7 Å². The molecule has 0 fully saturated rings. The number of rotatable bonds is 4. The summed E-state index contributed by atoms with van der Waals surface area (Å²) in [6, 6.07) is 10.6. The molecule has 3 rings (SSSR count). The molecule has 0 amide bonds. The van der Waals surface area contributed by atoms with Crippen molar-refractivity contribution in [3.05, 3.63) is 53.2 Å². The van der Waals surface area contributed by atoms with Crippen LogP contribution in [-0.2, 0) is 24.1 Å². The van der Waals surface area contributed by atoms with Gasteiger partial charge in [-0.2, -0.15) is 0 Å². The zero-order valence-corrected chi connectivity index (χ0v) is 17.0. The molecule has 0 radical (unpaired) electrons. The Balaban J connectivity index is 1.69. The second-order valence-electron chi connectivity index (χ2n) is 8.45. The second-order valence-corrected chi connectivity index (χ2v) is 13.3. The molecule has 0 unspecified atom stereocenters. The van der Waals surface area contributed by atoms with E-state index in [0.717, 1.165) is 18.8 Å². The predicted molar refractivity (Wildman–Crippen MR) is 107 cm³/mol. The van der Waals surface area contributed by atoms with Gasteiger partial charge in [0.25, 0.3) is 0 Å². The highest BCUT2D eigenvalue weighted by Gasteiger charge is 2.37.